The molecule has 0 heterocycles. The molecule has 3 nitrogen and oxygen atoms in total. The van der Waals surface area contributed by atoms with Gasteiger partial charge in [-0.25, -0.2) is 0 Å². The van der Waals surface area contributed by atoms with E-state index < -0.39 is 5.97 Å². The largest absolute Gasteiger partial charge is 0.481 e. The number of aliphatic carboxylic acids is 1. The summed E-state index contributed by atoms with van der Waals surface area (Å²) in [5.74, 6) is -0.869. The van der Waals surface area contributed by atoms with E-state index in [1.807, 2.05) is 6.92 Å². The summed E-state index contributed by atoms with van der Waals surface area (Å²) in [5.41, 5.74) is 0. The second-order valence-electron chi connectivity index (χ2n) is 2.95. The lowest BCUT2D eigenvalue weighted by Crippen LogP contribution is -2.10. The van der Waals surface area contributed by atoms with Gasteiger partial charge in [-0.05, 0) is 0 Å². The zero-order valence-corrected chi connectivity index (χ0v) is 9.40. The van der Waals surface area contributed by atoms with Crippen LogP contribution in [0.3, 0.4) is 0 Å². The maximum atomic E-state index is 11.2. The molecule has 2 atom stereocenters. The molecular formula is C8H14O3S2. The van der Waals surface area contributed by atoms with Crippen molar-refractivity contribution < 1.29 is 14.7 Å². The summed E-state index contributed by atoms with van der Waals surface area (Å²) in [6, 6.07) is 0. The molecule has 0 fully saturated rings. The molecule has 0 spiro atoms. The molecule has 2 unspecified atom stereocenters. The number of carbonyl (C=O) groups is 2. The van der Waals surface area contributed by atoms with Gasteiger partial charge in [0.15, 0.2) is 5.12 Å². The van der Waals surface area contributed by atoms with Gasteiger partial charge in [-0.15, -0.1) is 0 Å². The number of carboxylic acid groups (broad SMARTS) is 1. The molecule has 1 N–H and O–H groups in total. The van der Waals surface area contributed by atoms with Crippen molar-refractivity contribution in [2.45, 2.75) is 37.2 Å². The van der Waals surface area contributed by atoms with Crippen LogP contribution in [0.15, 0.2) is 0 Å². The van der Waals surface area contributed by atoms with Gasteiger partial charge in [-0.2, -0.15) is 12.6 Å². The van der Waals surface area contributed by atoms with Crippen LogP contribution < -0.4 is 0 Å². The van der Waals surface area contributed by atoms with Gasteiger partial charge in [0.1, 0.15) is 0 Å². The van der Waals surface area contributed by atoms with Crippen LogP contribution >= 0.6 is 24.4 Å². The highest BCUT2D eigenvalue weighted by atomic mass is 32.2. The maximum absolute atomic E-state index is 11.2. The molecule has 0 aliphatic carbocycles. The fraction of sp³-hybridized carbons (Fsp3) is 0.750. The van der Waals surface area contributed by atoms with Gasteiger partial charge in [-0.1, -0.05) is 25.6 Å². The van der Waals surface area contributed by atoms with Crippen molar-refractivity contribution in [3.05, 3.63) is 0 Å². The molecule has 0 aromatic carbocycles. The van der Waals surface area contributed by atoms with Crippen LogP contribution in [0.2, 0.25) is 0 Å². The second-order valence-corrected chi connectivity index (χ2v) is 5.33. The lowest BCUT2D eigenvalue weighted by atomic mass is 10.3. The summed E-state index contributed by atoms with van der Waals surface area (Å²) in [6.07, 6.45) is 0.412. The first-order valence-corrected chi connectivity index (χ1v) is 5.40. The number of hydrogen-bond donors (Lipinski definition) is 2. The predicted octanol–water partition coefficient (Wildman–Crippen LogP) is 1.82. The third-order valence-corrected chi connectivity index (χ3v) is 2.44. The smallest absolute Gasteiger partial charge is 0.304 e. The fourth-order valence-corrected chi connectivity index (χ4v) is 2.11. The van der Waals surface area contributed by atoms with Gasteiger partial charge < -0.3 is 5.11 Å². The zero-order valence-electron chi connectivity index (χ0n) is 7.69. The molecule has 0 aliphatic rings. The van der Waals surface area contributed by atoms with Crippen LogP contribution in [0.4, 0.5) is 0 Å². The van der Waals surface area contributed by atoms with Crippen molar-refractivity contribution in [3.63, 3.8) is 0 Å². The van der Waals surface area contributed by atoms with Crippen LogP contribution in [0.1, 0.15) is 26.7 Å². The van der Waals surface area contributed by atoms with Crippen molar-refractivity contribution in [2.75, 3.05) is 0 Å². The Balaban J connectivity index is 3.71. The maximum Gasteiger partial charge on any atom is 0.304 e. The number of hydrogen-bond acceptors (Lipinski definition) is 4. The third kappa shape index (κ3) is 8.18. The average molecular weight is 222 g/mol. The molecule has 76 valence electrons. The van der Waals surface area contributed by atoms with Crippen molar-refractivity contribution >= 4 is 35.5 Å². The Morgan fingerprint density at radius 2 is 1.92 bits per heavy atom. The molecule has 0 rings (SSSR count). The Kier molecular flexibility index (Phi) is 6.24. The lowest BCUT2D eigenvalue weighted by Gasteiger charge is -2.07. The highest BCUT2D eigenvalue weighted by Gasteiger charge is 2.14. The second kappa shape index (κ2) is 6.32. The Bertz CT molecular complexity index is 192. The van der Waals surface area contributed by atoms with E-state index in [4.69, 9.17) is 5.11 Å². The molecule has 0 amide bonds. The third-order valence-electron chi connectivity index (χ3n) is 1.26. The van der Waals surface area contributed by atoms with E-state index in [0.29, 0.717) is 6.42 Å². The summed E-state index contributed by atoms with van der Waals surface area (Å²) < 4.78 is 0. The number of thiol groups is 1. The first-order valence-electron chi connectivity index (χ1n) is 4.01. The first-order chi connectivity index (χ1) is 5.91. The number of rotatable bonds is 5. The number of carbonyl (C=O) groups excluding carboxylic acids is 1. The fourth-order valence-electron chi connectivity index (χ4n) is 0.801. The molecule has 0 aromatic heterocycles. The summed E-state index contributed by atoms with van der Waals surface area (Å²) >= 11 is 5.17. The van der Waals surface area contributed by atoms with Crippen LogP contribution in [-0.4, -0.2) is 26.7 Å². The van der Waals surface area contributed by atoms with Gasteiger partial charge in [-0.3, -0.25) is 9.59 Å². The summed E-state index contributed by atoms with van der Waals surface area (Å²) in [4.78, 5) is 21.4. The van der Waals surface area contributed by atoms with Gasteiger partial charge in [0.05, 0.1) is 6.42 Å². The SMILES string of the molecule is CC(S)CC(=O)SC(C)CC(=O)O. The Hall–Kier alpha value is -0.160. The molecule has 0 saturated heterocycles. The summed E-state index contributed by atoms with van der Waals surface area (Å²) in [5, 5.41) is 8.33. The van der Waals surface area contributed by atoms with Gasteiger partial charge >= 0.3 is 5.97 Å². The first kappa shape index (κ1) is 12.8. The molecule has 0 saturated carbocycles. The van der Waals surface area contributed by atoms with Crippen molar-refractivity contribution in [1.29, 1.82) is 0 Å². The van der Waals surface area contributed by atoms with E-state index in [9.17, 15) is 9.59 Å². The Morgan fingerprint density at radius 3 is 2.31 bits per heavy atom. The quantitative estimate of drug-likeness (QED) is 0.697. The van der Waals surface area contributed by atoms with E-state index >= 15 is 0 Å². The van der Waals surface area contributed by atoms with Crippen LogP contribution in [0.25, 0.3) is 0 Å². The van der Waals surface area contributed by atoms with Crippen LogP contribution in [0.5, 0.6) is 0 Å². The van der Waals surface area contributed by atoms with Crippen LogP contribution in [-0.2, 0) is 9.59 Å². The molecule has 13 heavy (non-hydrogen) atoms. The predicted molar refractivity (Wildman–Crippen MR) is 57.4 cm³/mol. The van der Waals surface area contributed by atoms with Crippen molar-refractivity contribution in [3.8, 4) is 0 Å². The van der Waals surface area contributed by atoms with E-state index in [-0.39, 0.29) is 22.0 Å². The summed E-state index contributed by atoms with van der Waals surface area (Å²) in [7, 11) is 0. The van der Waals surface area contributed by atoms with Gasteiger partial charge in [0, 0.05) is 16.9 Å². The molecule has 0 radical (unpaired) electrons. The lowest BCUT2D eigenvalue weighted by molar-refractivity contribution is -0.136. The highest BCUT2D eigenvalue weighted by molar-refractivity contribution is 8.14. The minimum atomic E-state index is -0.869. The normalized spacial score (nSPS) is 15.0. The minimum Gasteiger partial charge on any atom is -0.481 e. The van der Waals surface area contributed by atoms with E-state index in [1.165, 1.54) is 0 Å². The number of carboxylic acids is 1. The zero-order chi connectivity index (χ0) is 10.4. The molecule has 5 heteroatoms. The van der Waals surface area contributed by atoms with E-state index in [2.05, 4.69) is 12.6 Å². The molecule has 0 bridgehead atoms. The Labute approximate surface area is 87.7 Å². The monoisotopic (exact) mass is 222 g/mol. The minimum absolute atomic E-state index is 0.0104. The molecule has 0 aliphatic heterocycles. The molecular weight excluding hydrogens is 208 g/mol. The van der Waals surface area contributed by atoms with E-state index in [0.717, 1.165) is 11.8 Å². The summed E-state index contributed by atoms with van der Waals surface area (Å²) in [6.45, 7) is 3.57. The number of thioether (sulfide) groups is 1. The van der Waals surface area contributed by atoms with E-state index in [1.54, 1.807) is 6.92 Å². The highest BCUT2D eigenvalue weighted by Crippen LogP contribution is 2.18. The standard InChI is InChI=1S/C8H14O3S2/c1-5(12)3-8(11)13-6(2)4-7(9)10/h5-6,12H,3-4H2,1-2H3,(H,9,10). The molecule has 0 aromatic rings. The van der Waals surface area contributed by atoms with Crippen LogP contribution in [0, 0.1) is 0 Å². The van der Waals surface area contributed by atoms with Gasteiger partial charge in [0.25, 0.3) is 0 Å². The Morgan fingerprint density at radius 1 is 1.38 bits per heavy atom. The topological polar surface area (TPSA) is 54.4 Å². The van der Waals surface area contributed by atoms with Crippen molar-refractivity contribution in [1.82, 2.24) is 0 Å². The average Bonchev–Trinajstić information content (AvgIpc) is 1.80. The van der Waals surface area contributed by atoms with Crippen molar-refractivity contribution in [2.24, 2.45) is 0 Å². The van der Waals surface area contributed by atoms with Gasteiger partial charge in [0.2, 0.25) is 0 Å².